The molecule has 0 aliphatic heterocycles. The number of ether oxygens (including phenoxy) is 1. The van der Waals surface area contributed by atoms with Crippen molar-refractivity contribution in [1.29, 1.82) is 0 Å². The topological polar surface area (TPSA) is 84.5 Å². The Balaban J connectivity index is 2.04. The number of anilines is 1. The lowest BCUT2D eigenvalue weighted by Gasteiger charge is -2.11. The smallest absolute Gasteiger partial charge is 0.262 e. The van der Waals surface area contributed by atoms with Gasteiger partial charge < -0.3 is 10.1 Å². The van der Waals surface area contributed by atoms with Gasteiger partial charge in [0.05, 0.1) is 4.90 Å². The van der Waals surface area contributed by atoms with Crippen LogP contribution < -0.4 is 14.8 Å². The summed E-state index contributed by atoms with van der Waals surface area (Å²) in [6.07, 6.45) is 0. The Morgan fingerprint density at radius 2 is 1.83 bits per heavy atom. The van der Waals surface area contributed by atoms with Gasteiger partial charge in [0.15, 0.2) is 6.61 Å². The summed E-state index contributed by atoms with van der Waals surface area (Å²) in [6, 6.07) is 11.8. The van der Waals surface area contributed by atoms with Crippen molar-refractivity contribution in [1.82, 2.24) is 4.72 Å². The number of nitrogens with one attached hydrogen (secondary N) is 2. The molecule has 2 rings (SSSR count). The standard InChI is InChI=1S/C16H17BrN2O4S/c1-11-3-6-13(9-15(11)24(21,22)18-2)19-16(20)10-23-14-7-4-12(17)5-8-14/h3-9,18H,10H2,1-2H3,(H,19,20). The first kappa shape index (κ1) is 18.4. The Bertz CT molecular complexity index is 836. The second-order valence-corrected chi connectivity index (χ2v) is 7.75. The summed E-state index contributed by atoms with van der Waals surface area (Å²) >= 11 is 3.32. The van der Waals surface area contributed by atoms with Crippen LogP contribution in [0.2, 0.25) is 0 Å². The second kappa shape index (κ2) is 7.78. The molecule has 0 unspecified atom stereocenters. The first-order valence-electron chi connectivity index (χ1n) is 7.04. The summed E-state index contributed by atoms with van der Waals surface area (Å²) in [5, 5.41) is 2.62. The Hall–Kier alpha value is -1.90. The first-order chi connectivity index (χ1) is 11.3. The monoisotopic (exact) mass is 412 g/mol. The average Bonchev–Trinajstić information content (AvgIpc) is 2.56. The van der Waals surface area contributed by atoms with Crippen LogP contribution in [0.1, 0.15) is 5.56 Å². The van der Waals surface area contributed by atoms with E-state index in [-0.39, 0.29) is 17.4 Å². The zero-order valence-electron chi connectivity index (χ0n) is 13.2. The molecule has 8 heteroatoms. The van der Waals surface area contributed by atoms with E-state index in [2.05, 4.69) is 26.0 Å². The van der Waals surface area contributed by atoms with Crippen LogP contribution in [-0.4, -0.2) is 28.0 Å². The van der Waals surface area contributed by atoms with Crippen LogP contribution in [0.5, 0.6) is 5.75 Å². The van der Waals surface area contributed by atoms with Gasteiger partial charge in [-0.25, -0.2) is 13.1 Å². The van der Waals surface area contributed by atoms with Crippen LogP contribution in [0.25, 0.3) is 0 Å². The number of rotatable bonds is 6. The van der Waals surface area contributed by atoms with E-state index in [1.54, 1.807) is 31.2 Å². The molecule has 2 aromatic carbocycles. The van der Waals surface area contributed by atoms with Crippen LogP contribution in [0, 0.1) is 6.92 Å². The van der Waals surface area contributed by atoms with Crippen LogP contribution in [0.3, 0.4) is 0 Å². The molecule has 0 saturated carbocycles. The van der Waals surface area contributed by atoms with Gasteiger partial charge in [0.2, 0.25) is 10.0 Å². The molecule has 0 bridgehead atoms. The zero-order chi connectivity index (χ0) is 17.7. The number of amides is 1. The van der Waals surface area contributed by atoms with Crippen molar-refractivity contribution >= 4 is 37.5 Å². The van der Waals surface area contributed by atoms with Crippen molar-refractivity contribution in [2.45, 2.75) is 11.8 Å². The molecule has 24 heavy (non-hydrogen) atoms. The molecular formula is C16H17BrN2O4S. The molecule has 128 valence electrons. The summed E-state index contributed by atoms with van der Waals surface area (Å²) < 4.78 is 32.4. The third kappa shape index (κ3) is 4.80. The van der Waals surface area contributed by atoms with E-state index in [1.807, 2.05) is 12.1 Å². The maximum Gasteiger partial charge on any atom is 0.262 e. The maximum absolute atomic E-state index is 12.0. The molecule has 0 atom stereocenters. The van der Waals surface area contributed by atoms with Gasteiger partial charge in [0.25, 0.3) is 5.91 Å². The highest BCUT2D eigenvalue weighted by atomic mass is 79.9. The number of benzene rings is 2. The van der Waals surface area contributed by atoms with E-state index in [9.17, 15) is 13.2 Å². The van der Waals surface area contributed by atoms with Gasteiger partial charge in [-0.3, -0.25) is 4.79 Å². The fraction of sp³-hybridized carbons (Fsp3) is 0.188. The van der Waals surface area contributed by atoms with Crippen LogP contribution in [-0.2, 0) is 14.8 Å². The average molecular weight is 413 g/mol. The fourth-order valence-electron chi connectivity index (χ4n) is 1.95. The quantitative estimate of drug-likeness (QED) is 0.763. The molecule has 1 amide bonds. The highest BCUT2D eigenvalue weighted by Gasteiger charge is 2.15. The Kier molecular flexibility index (Phi) is 5.98. The SMILES string of the molecule is CNS(=O)(=O)c1cc(NC(=O)COc2ccc(Br)cc2)ccc1C. The summed E-state index contributed by atoms with van der Waals surface area (Å²) in [6.45, 7) is 1.51. The van der Waals surface area contributed by atoms with Gasteiger partial charge in [0, 0.05) is 10.2 Å². The third-order valence-electron chi connectivity index (χ3n) is 3.21. The van der Waals surface area contributed by atoms with E-state index in [0.29, 0.717) is 17.0 Å². The van der Waals surface area contributed by atoms with E-state index in [0.717, 1.165) is 4.47 Å². The van der Waals surface area contributed by atoms with Crippen molar-refractivity contribution in [3.63, 3.8) is 0 Å². The van der Waals surface area contributed by atoms with Crippen molar-refractivity contribution < 1.29 is 17.9 Å². The Morgan fingerprint density at radius 3 is 2.46 bits per heavy atom. The molecule has 0 spiro atoms. The fourth-order valence-corrected chi connectivity index (χ4v) is 3.21. The Morgan fingerprint density at radius 1 is 1.17 bits per heavy atom. The molecule has 0 radical (unpaired) electrons. The highest BCUT2D eigenvalue weighted by Crippen LogP contribution is 2.20. The predicted octanol–water partition coefficient (Wildman–Crippen LogP) is 2.68. The third-order valence-corrected chi connectivity index (χ3v) is 5.30. The van der Waals surface area contributed by atoms with Crippen LogP contribution in [0.15, 0.2) is 51.8 Å². The van der Waals surface area contributed by atoms with Gasteiger partial charge in [0.1, 0.15) is 5.75 Å². The number of sulfonamides is 1. The number of halogens is 1. The number of aryl methyl sites for hydroxylation is 1. The largest absolute Gasteiger partial charge is 0.484 e. The molecule has 0 heterocycles. The maximum atomic E-state index is 12.0. The van der Waals surface area contributed by atoms with Crippen molar-refractivity contribution in [3.05, 3.63) is 52.5 Å². The molecule has 0 aliphatic carbocycles. The number of carbonyl (C=O) groups excluding carboxylic acids is 1. The molecule has 2 aromatic rings. The Labute approximate surface area is 149 Å². The van der Waals surface area contributed by atoms with E-state index >= 15 is 0 Å². The molecule has 0 aliphatic rings. The number of hydrogen-bond acceptors (Lipinski definition) is 4. The molecule has 6 nitrogen and oxygen atoms in total. The normalized spacial score (nSPS) is 11.1. The van der Waals surface area contributed by atoms with Crippen molar-refractivity contribution in [2.24, 2.45) is 0 Å². The predicted molar refractivity (Wildman–Crippen MR) is 95.7 cm³/mol. The molecule has 0 aromatic heterocycles. The van der Waals surface area contributed by atoms with Crippen LogP contribution >= 0.6 is 15.9 Å². The minimum atomic E-state index is -3.58. The lowest BCUT2D eigenvalue weighted by atomic mass is 10.2. The van der Waals surface area contributed by atoms with E-state index < -0.39 is 10.0 Å². The zero-order valence-corrected chi connectivity index (χ0v) is 15.6. The minimum absolute atomic E-state index is 0.122. The molecule has 0 saturated heterocycles. The minimum Gasteiger partial charge on any atom is -0.484 e. The van der Waals surface area contributed by atoms with Crippen molar-refractivity contribution in [3.8, 4) is 5.75 Å². The van der Waals surface area contributed by atoms with E-state index in [4.69, 9.17) is 4.74 Å². The van der Waals surface area contributed by atoms with E-state index in [1.165, 1.54) is 13.1 Å². The first-order valence-corrected chi connectivity index (χ1v) is 9.32. The summed E-state index contributed by atoms with van der Waals surface area (Å²) in [5.41, 5.74) is 0.979. The second-order valence-electron chi connectivity index (χ2n) is 4.98. The molecule has 2 N–H and O–H groups in total. The molecular weight excluding hydrogens is 396 g/mol. The molecule has 0 fully saturated rings. The van der Waals surface area contributed by atoms with Gasteiger partial charge >= 0.3 is 0 Å². The summed E-state index contributed by atoms with van der Waals surface area (Å²) in [7, 11) is -2.24. The summed E-state index contributed by atoms with van der Waals surface area (Å²) in [4.78, 5) is 12.1. The van der Waals surface area contributed by atoms with Gasteiger partial charge in [-0.15, -0.1) is 0 Å². The van der Waals surface area contributed by atoms with Gasteiger partial charge in [-0.2, -0.15) is 0 Å². The van der Waals surface area contributed by atoms with Gasteiger partial charge in [-0.1, -0.05) is 22.0 Å². The summed E-state index contributed by atoms with van der Waals surface area (Å²) in [5.74, 6) is 0.185. The van der Waals surface area contributed by atoms with Crippen LogP contribution in [0.4, 0.5) is 5.69 Å². The lowest BCUT2D eigenvalue weighted by Crippen LogP contribution is -2.22. The lowest BCUT2D eigenvalue weighted by molar-refractivity contribution is -0.118. The van der Waals surface area contributed by atoms with Gasteiger partial charge in [-0.05, 0) is 55.9 Å². The van der Waals surface area contributed by atoms with Crippen molar-refractivity contribution in [2.75, 3.05) is 19.0 Å². The number of hydrogen-bond donors (Lipinski definition) is 2. The highest BCUT2D eigenvalue weighted by molar-refractivity contribution is 9.10. The number of carbonyl (C=O) groups is 1.